The molecule has 3 aromatic heterocycles. The van der Waals surface area contributed by atoms with Crippen LogP contribution in [-0.4, -0.2) is 15.0 Å². The van der Waals surface area contributed by atoms with Crippen molar-refractivity contribution in [3.05, 3.63) is 212 Å². The number of thiophene rings is 2. The van der Waals surface area contributed by atoms with Crippen LogP contribution in [0.1, 0.15) is 0 Å². The molecule has 0 atom stereocenters. The zero-order valence-corrected chi connectivity index (χ0v) is 35.0. The maximum absolute atomic E-state index is 5.17. The number of fused-ring (bicyclic) bond motifs is 6. The van der Waals surface area contributed by atoms with E-state index in [1.807, 2.05) is 59.1 Å². The van der Waals surface area contributed by atoms with Gasteiger partial charge in [0.05, 0.1) is 0 Å². The molecular formula is C57H35N3S2. The van der Waals surface area contributed by atoms with Gasteiger partial charge in [0, 0.05) is 57.0 Å². The smallest absolute Gasteiger partial charge is 0.164 e. The first kappa shape index (κ1) is 36.3. The summed E-state index contributed by atoms with van der Waals surface area (Å²) in [6.07, 6.45) is 0. The Balaban J connectivity index is 1.02. The Kier molecular flexibility index (Phi) is 8.87. The molecule has 0 N–H and O–H groups in total. The van der Waals surface area contributed by atoms with Crippen LogP contribution in [0, 0.1) is 0 Å². The molecular weight excluding hydrogens is 791 g/mol. The molecule has 0 fully saturated rings. The molecule has 0 spiro atoms. The third kappa shape index (κ3) is 6.65. The fourth-order valence-electron chi connectivity index (χ4n) is 8.60. The highest BCUT2D eigenvalue weighted by Gasteiger charge is 2.16. The topological polar surface area (TPSA) is 38.7 Å². The molecule has 0 bridgehead atoms. The van der Waals surface area contributed by atoms with Gasteiger partial charge in [-0.3, -0.25) is 0 Å². The molecule has 12 aromatic rings. The van der Waals surface area contributed by atoms with Crippen molar-refractivity contribution in [3.8, 4) is 78.7 Å². The van der Waals surface area contributed by atoms with E-state index in [9.17, 15) is 0 Å². The molecule has 9 aromatic carbocycles. The number of aromatic nitrogens is 3. The molecule has 3 nitrogen and oxygen atoms in total. The minimum atomic E-state index is 0.624. The molecule has 0 radical (unpaired) electrons. The molecule has 0 amide bonds. The number of hydrogen-bond donors (Lipinski definition) is 0. The first-order valence-corrected chi connectivity index (χ1v) is 22.4. The Morgan fingerprint density at radius 3 is 1.00 bits per heavy atom. The molecule has 0 aliphatic heterocycles. The summed E-state index contributed by atoms with van der Waals surface area (Å²) in [4.78, 5) is 15.3. The minimum absolute atomic E-state index is 0.624. The zero-order chi connectivity index (χ0) is 41.0. The van der Waals surface area contributed by atoms with E-state index in [1.54, 1.807) is 0 Å². The Labute approximate surface area is 366 Å². The Morgan fingerprint density at radius 1 is 0.210 bits per heavy atom. The van der Waals surface area contributed by atoms with Crippen molar-refractivity contribution in [3.63, 3.8) is 0 Å². The third-order valence-corrected chi connectivity index (χ3v) is 14.0. The van der Waals surface area contributed by atoms with Gasteiger partial charge in [0.2, 0.25) is 0 Å². The predicted molar refractivity (Wildman–Crippen MR) is 264 cm³/mol. The van der Waals surface area contributed by atoms with Crippen molar-refractivity contribution in [1.29, 1.82) is 0 Å². The van der Waals surface area contributed by atoms with Crippen molar-refractivity contribution in [2.24, 2.45) is 0 Å². The van der Waals surface area contributed by atoms with Crippen LogP contribution in [0.5, 0.6) is 0 Å². The fourth-order valence-corrected chi connectivity index (χ4v) is 10.9. The maximum Gasteiger partial charge on any atom is 0.164 e. The molecule has 0 aliphatic rings. The maximum atomic E-state index is 5.17. The molecule has 62 heavy (non-hydrogen) atoms. The van der Waals surface area contributed by atoms with Crippen LogP contribution in [0.2, 0.25) is 0 Å². The van der Waals surface area contributed by atoms with Gasteiger partial charge in [-0.1, -0.05) is 158 Å². The van der Waals surface area contributed by atoms with E-state index < -0.39 is 0 Å². The normalized spacial score (nSPS) is 11.5. The summed E-state index contributed by atoms with van der Waals surface area (Å²) in [5.74, 6) is 1.90. The standard InChI is InChI=1S/C57H35N3S2/c1-3-13-36(14-4-1)55-58-56(37-15-5-2-6-16-37)60-57(59-55)46-32-44(40-19-11-17-38(29-40)42-25-27-49-47-21-7-9-23-51(47)61-53(49)34-42)31-45(33-46)41-20-12-18-39(30-41)43-26-28-50-48-22-8-10-24-52(48)62-54(50)35-43/h1-35H. The predicted octanol–water partition coefficient (Wildman–Crippen LogP) is 16.3. The highest BCUT2D eigenvalue weighted by atomic mass is 32.1. The second kappa shape index (κ2) is 15.2. The lowest BCUT2D eigenvalue weighted by molar-refractivity contribution is 1.07. The Hall–Kier alpha value is -7.57. The van der Waals surface area contributed by atoms with E-state index in [2.05, 4.69) is 176 Å². The molecule has 0 saturated carbocycles. The van der Waals surface area contributed by atoms with Crippen LogP contribution in [0.3, 0.4) is 0 Å². The number of hydrogen-bond acceptors (Lipinski definition) is 5. The summed E-state index contributed by atoms with van der Waals surface area (Å²) < 4.78 is 5.21. The highest BCUT2D eigenvalue weighted by Crippen LogP contribution is 2.40. The van der Waals surface area contributed by atoms with Crippen LogP contribution in [-0.2, 0) is 0 Å². The molecule has 12 rings (SSSR count). The molecule has 290 valence electrons. The quantitative estimate of drug-likeness (QED) is 0.161. The largest absolute Gasteiger partial charge is 0.208 e. The van der Waals surface area contributed by atoms with E-state index in [0.29, 0.717) is 17.5 Å². The monoisotopic (exact) mass is 825 g/mol. The van der Waals surface area contributed by atoms with Gasteiger partial charge in [0.25, 0.3) is 0 Å². The van der Waals surface area contributed by atoms with Crippen molar-refractivity contribution in [2.75, 3.05) is 0 Å². The Morgan fingerprint density at radius 2 is 0.532 bits per heavy atom. The van der Waals surface area contributed by atoms with Gasteiger partial charge in [-0.25, -0.2) is 15.0 Å². The van der Waals surface area contributed by atoms with Gasteiger partial charge < -0.3 is 0 Å². The van der Waals surface area contributed by atoms with Gasteiger partial charge in [-0.2, -0.15) is 0 Å². The summed E-state index contributed by atoms with van der Waals surface area (Å²) in [6, 6.07) is 76.0. The van der Waals surface area contributed by atoms with Crippen LogP contribution in [0.25, 0.3) is 119 Å². The van der Waals surface area contributed by atoms with Gasteiger partial charge in [-0.15, -0.1) is 22.7 Å². The second-order valence-electron chi connectivity index (χ2n) is 15.6. The summed E-state index contributed by atoms with van der Waals surface area (Å²) in [5.41, 5.74) is 11.9. The van der Waals surface area contributed by atoms with Crippen LogP contribution in [0.15, 0.2) is 212 Å². The van der Waals surface area contributed by atoms with Crippen molar-refractivity contribution >= 4 is 63.0 Å². The van der Waals surface area contributed by atoms with E-state index in [1.165, 1.54) is 62.6 Å². The van der Waals surface area contributed by atoms with Crippen molar-refractivity contribution < 1.29 is 0 Å². The molecule has 0 aliphatic carbocycles. The highest BCUT2D eigenvalue weighted by molar-refractivity contribution is 7.26. The van der Waals surface area contributed by atoms with Gasteiger partial charge in [0.1, 0.15) is 0 Å². The van der Waals surface area contributed by atoms with E-state index in [-0.39, 0.29) is 0 Å². The fraction of sp³-hybridized carbons (Fsp3) is 0. The van der Waals surface area contributed by atoms with E-state index in [0.717, 1.165) is 38.9 Å². The second-order valence-corrected chi connectivity index (χ2v) is 17.8. The van der Waals surface area contributed by atoms with Gasteiger partial charge >= 0.3 is 0 Å². The molecule has 3 heterocycles. The molecule has 0 saturated heterocycles. The third-order valence-electron chi connectivity index (χ3n) is 11.7. The Bertz CT molecular complexity index is 3410. The SMILES string of the molecule is c1ccc(-c2nc(-c3ccccc3)nc(-c3cc(-c4cccc(-c5ccc6c(c5)sc5ccccc56)c4)cc(-c4cccc(-c5ccc6c(c5)sc5ccccc56)c4)c3)n2)cc1. The van der Waals surface area contributed by atoms with E-state index in [4.69, 9.17) is 15.0 Å². The number of rotatable bonds is 7. The lowest BCUT2D eigenvalue weighted by Gasteiger charge is -2.14. The zero-order valence-electron chi connectivity index (χ0n) is 33.4. The van der Waals surface area contributed by atoms with Crippen LogP contribution >= 0.6 is 22.7 Å². The van der Waals surface area contributed by atoms with Gasteiger partial charge in [-0.05, 0) is 99.1 Å². The average molecular weight is 826 g/mol. The first-order chi connectivity index (χ1) is 30.7. The van der Waals surface area contributed by atoms with Crippen LogP contribution < -0.4 is 0 Å². The molecule has 0 unspecified atom stereocenters. The minimum Gasteiger partial charge on any atom is -0.208 e. The number of benzene rings is 9. The van der Waals surface area contributed by atoms with Crippen molar-refractivity contribution in [2.45, 2.75) is 0 Å². The van der Waals surface area contributed by atoms with Crippen molar-refractivity contribution in [1.82, 2.24) is 15.0 Å². The summed E-state index contributed by atoms with van der Waals surface area (Å²) in [5, 5.41) is 5.23. The summed E-state index contributed by atoms with van der Waals surface area (Å²) in [6.45, 7) is 0. The first-order valence-electron chi connectivity index (χ1n) is 20.7. The lowest BCUT2D eigenvalue weighted by Crippen LogP contribution is -2.00. The lowest BCUT2D eigenvalue weighted by atomic mass is 9.92. The summed E-state index contributed by atoms with van der Waals surface area (Å²) >= 11 is 3.70. The van der Waals surface area contributed by atoms with Crippen LogP contribution in [0.4, 0.5) is 0 Å². The number of nitrogens with zero attached hydrogens (tertiary/aromatic N) is 3. The summed E-state index contributed by atoms with van der Waals surface area (Å²) in [7, 11) is 0. The van der Waals surface area contributed by atoms with Gasteiger partial charge in [0.15, 0.2) is 17.5 Å². The average Bonchev–Trinajstić information content (AvgIpc) is 3.92. The molecule has 5 heteroatoms. The van der Waals surface area contributed by atoms with E-state index >= 15 is 0 Å².